The van der Waals surface area contributed by atoms with Gasteiger partial charge in [0.1, 0.15) is 0 Å². The number of amides is 1. The second kappa shape index (κ2) is 7.19. The second-order valence-corrected chi connectivity index (χ2v) is 9.03. The van der Waals surface area contributed by atoms with Gasteiger partial charge in [0, 0.05) is 30.3 Å². The number of carbonyl (C=O) groups is 1. The molecule has 2 fully saturated rings. The summed E-state index contributed by atoms with van der Waals surface area (Å²) in [5.41, 5.74) is 1.88. The molecule has 4 rings (SSSR count). The van der Waals surface area contributed by atoms with Gasteiger partial charge in [-0.3, -0.25) is 4.79 Å². The van der Waals surface area contributed by atoms with Gasteiger partial charge < -0.3 is 10.2 Å². The monoisotopic (exact) mass is 370 g/mol. The number of rotatable bonds is 3. The fraction of sp³-hybridized carbons (Fsp3) is 0.700. The van der Waals surface area contributed by atoms with E-state index in [0.29, 0.717) is 18.4 Å². The number of hydrogen-bond donors (Lipinski definition) is 1. The highest BCUT2D eigenvalue weighted by atomic mass is 16.1. The Balaban J connectivity index is 1.43. The molecule has 4 heterocycles. The Morgan fingerprint density at radius 3 is 2.63 bits per heavy atom. The lowest BCUT2D eigenvalue weighted by Crippen LogP contribution is -2.48. The molecule has 1 N–H and O–H groups in total. The average molecular weight is 371 g/mol. The summed E-state index contributed by atoms with van der Waals surface area (Å²) < 4.78 is 1.95. The first kappa shape index (κ1) is 18.3. The highest BCUT2D eigenvalue weighted by molar-refractivity contribution is 5.76. The van der Waals surface area contributed by atoms with Crippen molar-refractivity contribution in [2.24, 2.45) is 0 Å². The lowest BCUT2D eigenvalue weighted by atomic mass is 9.92. The van der Waals surface area contributed by atoms with Gasteiger partial charge in [-0.15, -0.1) is 10.2 Å². The molecule has 7 nitrogen and oxygen atoms in total. The van der Waals surface area contributed by atoms with E-state index in [1.165, 1.54) is 0 Å². The molecule has 7 heteroatoms. The third-order valence-corrected chi connectivity index (χ3v) is 5.81. The molecule has 2 aromatic heterocycles. The molecule has 1 unspecified atom stereocenters. The van der Waals surface area contributed by atoms with Crippen molar-refractivity contribution in [3.05, 3.63) is 23.7 Å². The summed E-state index contributed by atoms with van der Waals surface area (Å²) in [7, 11) is 0. The van der Waals surface area contributed by atoms with Gasteiger partial charge in [-0.05, 0) is 50.9 Å². The minimum absolute atomic E-state index is 0.00350. The van der Waals surface area contributed by atoms with E-state index in [2.05, 4.69) is 47.3 Å². The zero-order chi connectivity index (χ0) is 19.0. The van der Waals surface area contributed by atoms with Crippen LogP contribution in [-0.2, 0) is 10.2 Å². The van der Waals surface area contributed by atoms with Crippen LogP contribution in [0.4, 0.5) is 0 Å². The Hall–Kier alpha value is -2.02. The molecule has 2 saturated heterocycles. The van der Waals surface area contributed by atoms with Gasteiger partial charge in [0.05, 0.1) is 5.69 Å². The number of nitrogens with one attached hydrogen (secondary N) is 1. The second-order valence-electron chi connectivity index (χ2n) is 9.03. The van der Waals surface area contributed by atoms with Crippen LogP contribution in [0.15, 0.2) is 12.1 Å². The van der Waals surface area contributed by atoms with Crippen LogP contribution in [0.5, 0.6) is 0 Å². The third kappa shape index (κ3) is 3.98. The predicted octanol–water partition coefficient (Wildman–Crippen LogP) is 2.27. The van der Waals surface area contributed by atoms with Crippen molar-refractivity contribution < 1.29 is 4.79 Å². The van der Waals surface area contributed by atoms with Crippen LogP contribution in [-0.4, -0.2) is 56.3 Å². The largest absolute Gasteiger partial charge is 0.352 e. The van der Waals surface area contributed by atoms with Crippen LogP contribution in [0, 0.1) is 0 Å². The van der Waals surface area contributed by atoms with Gasteiger partial charge in [0.15, 0.2) is 11.5 Å². The molecule has 0 radical (unpaired) electrons. The summed E-state index contributed by atoms with van der Waals surface area (Å²) in [4.78, 5) is 14.1. The van der Waals surface area contributed by atoms with Gasteiger partial charge >= 0.3 is 0 Å². The Morgan fingerprint density at radius 2 is 1.93 bits per heavy atom. The van der Waals surface area contributed by atoms with E-state index in [1.54, 1.807) is 0 Å². The van der Waals surface area contributed by atoms with Crippen LogP contribution >= 0.6 is 0 Å². The molecule has 1 atom stereocenters. The first-order valence-corrected chi connectivity index (χ1v) is 10.1. The average Bonchev–Trinajstić information content (AvgIpc) is 3.05. The maximum Gasteiger partial charge on any atom is 0.220 e. The van der Waals surface area contributed by atoms with E-state index < -0.39 is 0 Å². The number of piperidine rings is 2. The first-order valence-electron chi connectivity index (χ1n) is 10.1. The maximum absolute atomic E-state index is 11.6. The van der Waals surface area contributed by atoms with E-state index in [9.17, 15) is 4.79 Å². The zero-order valence-corrected chi connectivity index (χ0v) is 16.6. The maximum atomic E-state index is 11.6. The van der Waals surface area contributed by atoms with Crippen LogP contribution in [0.1, 0.15) is 70.3 Å². The topological polar surface area (TPSA) is 75.4 Å². The minimum atomic E-state index is 0.00350. The van der Waals surface area contributed by atoms with Gasteiger partial charge in [0.25, 0.3) is 0 Å². The van der Waals surface area contributed by atoms with Gasteiger partial charge in [0.2, 0.25) is 5.91 Å². The number of fused-ring (bicyclic) bond motifs is 1. The molecule has 0 saturated carbocycles. The van der Waals surface area contributed by atoms with Crippen molar-refractivity contribution in [1.29, 1.82) is 0 Å². The number of nitrogens with zero attached hydrogens (tertiary/aromatic N) is 5. The summed E-state index contributed by atoms with van der Waals surface area (Å²) in [5.74, 6) is 1.58. The summed E-state index contributed by atoms with van der Waals surface area (Å²) >= 11 is 0. The number of aromatic nitrogens is 4. The summed E-state index contributed by atoms with van der Waals surface area (Å²) in [6.07, 6.45) is 4.91. The number of likely N-dealkylation sites (tertiary alicyclic amines) is 1. The minimum Gasteiger partial charge on any atom is -0.352 e. The van der Waals surface area contributed by atoms with Crippen molar-refractivity contribution in [3.8, 4) is 0 Å². The molecule has 27 heavy (non-hydrogen) atoms. The van der Waals surface area contributed by atoms with Gasteiger partial charge in [-0.2, -0.15) is 9.61 Å². The predicted molar refractivity (Wildman–Crippen MR) is 104 cm³/mol. The Bertz CT molecular complexity index is 815. The standard InChI is InChI=1S/C20H30N6O/c1-20(2,3)16-7-8-17-22-23-19(26(17)24-16)14-9-11-25(12-10-14)13-15-5-4-6-18(27)21-15/h7-8,14-15H,4-6,9-13H2,1-3H3,(H,21,27). The van der Waals surface area contributed by atoms with Gasteiger partial charge in [-0.25, -0.2) is 0 Å². The lowest BCUT2D eigenvalue weighted by Gasteiger charge is -2.35. The fourth-order valence-corrected chi connectivity index (χ4v) is 4.16. The van der Waals surface area contributed by atoms with E-state index in [0.717, 1.165) is 62.5 Å². The SMILES string of the molecule is CC(C)(C)c1ccc2nnc(C3CCN(CC4CCCC(=O)N4)CC3)n2n1. The van der Waals surface area contributed by atoms with E-state index in [4.69, 9.17) is 5.10 Å². The smallest absolute Gasteiger partial charge is 0.220 e. The van der Waals surface area contributed by atoms with Gasteiger partial charge in [-0.1, -0.05) is 20.8 Å². The van der Waals surface area contributed by atoms with Crippen LogP contribution in [0.2, 0.25) is 0 Å². The Kier molecular flexibility index (Phi) is 4.88. The highest BCUT2D eigenvalue weighted by Crippen LogP contribution is 2.28. The Labute approximate surface area is 160 Å². The summed E-state index contributed by atoms with van der Waals surface area (Å²) in [6, 6.07) is 4.38. The van der Waals surface area contributed by atoms with E-state index in [1.807, 2.05) is 10.6 Å². The van der Waals surface area contributed by atoms with E-state index in [-0.39, 0.29) is 11.3 Å². The molecule has 0 aromatic carbocycles. The first-order chi connectivity index (χ1) is 12.9. The quantitative estimate of drug-likeness (QED) is 0.897. The van der Waals surface area contributed by atoms with E-state index >= 15 is 0 Å². The molecule has 2 aliphatic rings. The number of carbonyl (C=O) groups excluding carboxylic acids is 1. The molecule has 146 valence electrons. The fourth-order valence-electron chi connectivity index (χ4n) is 4.16. The van der Waals surface area contributed by atoms with Crippen LogP contribution in [0.25, 0.3) is 5.65 Å². The van der Waals surface area contributed by atoms with Crippen molar-refractivity contribution in [2.45, 2.75) is 70.3 Å². The molecule has 0 bridgehead atoms. The molecular weight excluding hydrogens is 340 g/mol. The third-order valence-electron chi connectivity index (χ3n) is 5.81. The molecular formula is C20H30N6O. The lowest BCUT2D eigenvalue weighted by molar-refractivity contribution is -0.123. The van der Waals surface area contributed by atoms with Crippen molar-refractivity contribution in [3.63, 3.8) is 0 Å². The molecule has 1 amide bonds. The number of hydrogen-bond acceptors (Lipinski definition) is 5. The van der Waals surface area contributed by atoms with Crippen molar-refractivity contribution in [2.75, 3.05) is 19.6 Å². The van der Waals surface area contributed by atoms with Crippen molar-refractivity contribution >= 4 is 11.6 Å². The van der Waals surface area contributed by atoms with Crippen LogP contribution < -0.4 is 5.32 Å². The Morgan fingerprint density at radius 1 is 1.15 bits per heavy atom. The molecule has 2 aliphatic heterocycles. The van der Waals surface area contributed by atoms with Crippen LogP contribution in [0.3, 0.4) is 0 Å². The normalized spacial score (nSPS) is 22.9. The molecule has 0 aliphatic carbocycles. The summed E-state index contributed by atoms with van der Waals surface area (Å²) in [5, 5.41) is 16.8. The summed E-state index contributed by atoms with van der Waals surface area (Å²) in [6.45, 7) is 9.55. The highest BCUT2D eigenvalue weighted by Gasteiger charge is 2.28. The zero-order valence-electron chi connectivity index (χ0n) is 16.6. The van der Waals surface area contributed by atoms with Crippen molar-refractivity contribution in [1.82, 2.24) is 30.0 Å². The molecule has 2 aromatic rings. The molecule has 0 spiro atoms.